The minimum absolute atomic E-state index is 0.0815. The molecular formula is C13H15BrF3NO. The number of hydrogen-bond acceptors (Lipinski definition) is 1. The number of benzene rings is 1. The minimum Gasteiger partial charge on any atom is -0.346 e. The summed E-state index contributed by atoms with van der Waals surface area (Å²) in [5.74, 6) is -0.732. The third-order valence-electron chi connectivity index (χ3n) is 2.91. The molecular weight excluding hydrogens is 323 g/mol. The summed E-state index contributed by atoms with van der Waals surface area (Å²) < 4.78 is 38.4. The average molecular weight is 338 g/mol. The van der Waals surface area contributed by atoms with Gasteiger partial charge in [-0.15, -0.1) is 0 Å². The van der Waals surface area contributed by atoms with Crippen LogP contribution in [0.4, 0.5) is 13.2 Å². The number of nitrogens with one attached hydrogen (secondary N) is 1. The van der Waals surface area contributed by atoms with Crippen LogP contribution in [0.5, 0.6) is 0 Å². The topological polar surface area (TPSA) is 29.1 Å². The van der Waals surface area contributed by atoms with E-state index in [0.29, 0.717) is 0 Å². The first-order valence-electron chi connectivity index (χ1n) is 5.68. The molecule has 6 heteroatoms. The van der Waals surface area contributed by atoms with E-state index in [1.807, 2.05) is 6.92 Å². The highest BCUT2D eigenvalue weighted by Gasteiger charge is 2.36. The second kappa shape index (κ2) is 5.53. The Balaban J connectivity index is 3.08. The van der Waals surface area contributed by atoms with Crippen molar-refractivity contribution in [3.8, 4) is 0 Å². The first kappa shape index (κ1) is 16.0. The number of hydrogen-bond donors (Lipinski definition) is 1. The Labute approximate surface area is 118 Å². The number of alkyl halides is 4. The fourth-order valence-electron chi connectivity index (χ4n) is 1.39. The van der Waals surface area contributed by atoms with Crippen molar-refractivity contribution in [2.45, 2.75) is 37.3 Å². The second-order valence-electron chi connectivity index (χ2n) is 4.84. The molecule has 0 aromatic heterocycles. The molecule has 1 amide bonds. The minimum atomic E-state index is -4.54. The molecule has 1 rings (SSSR count). The molecule has 0 aliphatic rings. The average Bonchev–Trinajstić information content (AvgIpc) is 2.27. The fourth-order valence-corrected chi connectivity index (χ4v) is 1.50. The van der Waals surface area contributed by atoms with Crippen molar-refractivity contribution in [1.29, 1.82) is 0 Å². The van der Waals surface area contributed by atoms with Gasteiger partial charge in [-0.25, -0.2) is 0 Å². The van der Waals surface area contributed by atoms with E-state index in [-0.39, 0.29) is 10.4 Å². The van der Waals surface area contributed by atoms with Crippen LogP contribution in [-0.4, -0.2) is 16.3 Å². The summed E-state index contributed by atoms with van der Waals surface area (Å²) in [5, 5.41) is 2.60. The Morgan fingerprint density at radius 1 is 1.26 bits per heavy atom. The van der Waals surface area contributed by atoms with Gasteiger partial charge in [-0.05, 0) is 26.0 Å². The largest absolute Gasteiger partial charge is 0.417 e. The van der Waals surface area contributed by atoms with Crippen LogP contribution in [0.15, 0.2) is 24.3 Å². The van der Waals surface area contributed by atoms with Gasteiger partial charge in [0, 0.05) is 10.4 Å². The summed E-state index contributed by atoms with van der Waals surface area (Å²) in [6, 6.07) is 4.75. The zero-order valence-electron chi connectivity index (χ0n) is 10.8. The van der Waals surface area contributed by atoms with Gasteiger partial charge >= 0.3 is 6.18 Å². The van der Waals surface area contributed by atoms with Crippen LogP contribution in [-0.2, 0) is 6.18 Å². The lowest BCUT2D eigenvalue weighted by atomic mass is 9.99. The highest BCUT2D eigenvalue weighted by molar-refractivity contribution is 9.09. The normalized spacial score (nSPS) is 14.1. The van der Waals surface area contributed by atoms with Crippen LogP contribution < -0.4 is 5.32 Å². The van der Waals surface area contributed by atoms with Gasteiger partial charge < -0.3 is 5.32 Å². The molecule has 0 saturated carbocycles. The fraction of sp³-hybridized carbons (Fsp3) is 0.462. The van der Waals surface area contributed by atoms with E-state index in [9.17, 15) is 18.0 Å². The molecule has 1 aromatic carbocycles. The number of rotatable bonds is 3. The highest BCUT2D eigenvalue weighted by atomic mass is 79.9. The molecule has 1 N–H and O–H groups in total. The molecule has 19 heavy (non-hydrogen) atoms. The summed E-state index contributed by atoms with van der Waals surface area (Å²) in [7, 11) is 0. The molecule has 0 aliphatic carbocycles. The lowest BCUT2D eigenvalue weighted by Gasteiger charge is -2.29. The predicted molar refractivity (Wildman–Crippen MR) is 71.4 cm³/mol. The van der Waals surface area contributed by atoms with Crippen molar-refractivity contribution in [3.05, 3.63) is 35.4 Å². The summed E-state index contributed by atoms with van der Waals surface area (Å²) in [4.78, 5) is 11.9. The first-order chi connectivity index (χ1) is 8.55. The molecule has 0 radical (unpaired) electrons. The Bertz CT molecular complexity index is 469. The van der Waals surface area contributed by atoms with Gasteiger partial charge in [0.25, 0.3) is 5.91 Å². The van der Waals surface area contributed by atoms with Gasteiger partial charge in [0.1, 0.15) is 0 Å². The quantitative estimate of drug-likeness (QED) is 0.830. The van der Waals surface area contributed by atoms with Crippen molar-refractivity contribution >= 4 is 21.8 Å². The smallest absolute Gasteiger partial charge is 0.346 e. The van der Waals surface area contributed by atoms with Gasteiger partial charge in [-0.1, -0.05) is 35.0 Å². The Morgan fingerprint density at radius 3 is 2.26 bits per heavy atom. The molecule has 0 heterocycles. The molecule has 0 aliphatic heterocycles. The first-order valence-corrected chi connectivity index (χ1v) is 6.60. The van der Waals surface area contributed by atoms with Crippen LogP contribution >= 0.6 is 15.9 Å². The number of carbonyl (C=O) groups is 1. The maximum Gasteiger partial charge on any atom is 0.417 e. The van der Waals surface area contributed by atoms with Gasteiger partial charge in [0.05, 0.1) is 11.1 Å². The summed E-state index contributed by atoms with van der Waals surface area (Å²) >= 11 is 3.32. The number of carbonyl (C=O) groups excluding carboxylic acids is 1. The van der Waals surface area contributed by atoms with Crippen molar-refractivity contribution in [3.63, 3.8) is 0 Å². The van der Waals surface area contributed by atoms with E-state index in [1.54, 1.807) is 13.8 Å². The SMILES string of the molecule is CC(Br)C(C)(C)NC(=O)c1ccccc1C(F)(F)F. The van der Waals surface area contributed by atoms with E-state index in [4.69, 9.17) is 0 Å². The Hall–Kier alpha value is -1.04. The van der Waals surface area contributed by atoms with E-state index in [1.165, 1.54) is 18.2 Å². The van der Waals surface area contributed by atoms with Crippen LogP contribution in [0.25, 0.3) is 0 Å². The van der Waals surface area contributed by atoms with Crippen LogP contribution in [0.2, 0.25) is 0 Å². The van der Waals surface area contributed by atoms with Crippen LogP contribution in [0, 0.1) is 0 Å². The molecule has 0 fully saturated rings. The van der Waals surface area contributed by atoms with Crippen LogP contribution in [0.1, 0.15) is 36.7 Å². The second-order valence-corrected chi connectivity index (χ2v) is 6.21. The highest BCUT2D eigenvalue weighted by Crippen LogP contribution is 2.32. The predicted octanol–water partition coefficient (Wildman–Crippen LogP) is 4.00. The molecule has 106 valence electrons. The summed E-state index contributed by atoms with van der Waals surface area (Å²) in [6.45, 7) is 5.29. The number of halogens is 4. The zero-order chi connectivity index (χ0) is 14.8. The van der Waals surface area contributed by atoms with Crippen molar-refractivity contribution in [1.82, 2.24) is 5.32 Å². The molecule has 1 aromatic rings. The zero-order valence-corrected chi connectivity index (χ0v) is 12.4. The van der Waals surface area contributed by atoms with Crippen molar-refractivity contribution in [2.75, 3.05) is 0 Å². The van der Waals surface area contributed by atoms with E-state index < -0.39 is 23.2 Å². The van der Waals surface area contributed by atoms with Crippen molar-refractivity contribution in [2.24, 2.45) is 0 Å². The molecule has 0 bridgehead atoms. The van der Waals surface area contributed by atoms with Crippen molar-refractivity contribution < 1.29 is 18.0 Å². The maximum absolute atomic E-state index is 12.8. The molecule has 1 unspecified atom stereocenters. The standard InChI is InChI=1S/C13H15BrF3NO/c1-8(14)12(2,3)18-11(19)9-6-4-5-7-10(9)13(15,16)17/h4-8H,1-3H3,(H,18,19). The lowest BCUT2D eigenvalue weighted by Crippen LogP contribution is -2.49. The maximum atomic E-state index is 12.8. The third kappa shape index (κ3) is 3.96. The van der Waals surface area contributed by atoms with Gasteiger partial charge in [0.2, 0.25) is 0 Å². The molecule has 2 nitrogen and oxygen atoms in total. The summed E-state index contributed by atoms with van der Waals surface area (Å²) in [6.07, 6.45) is -4.54. The van der Waals surface area contributed by atoms with E-state index in [0.717, 1.165) is 6.07 Å². The van der Waals surface area contributed by atoms with E-state index in [2.05, 4.69) is 21.2 Å². The third-order valence-corrected chi connectivity index (χ3v) is 4.05. The molecule has 1 atom stereocenters. The van der Waals surface area contributed by atoms with Gasteiger partial charge in [0.15, 0.2) is 0 Å². The molecule has 0 spiro atoms. The Kier molecular flexibility index (Phi) is 4.66. The Morgan fingerprint density at radius 2 is 1.79 bits per heavy atom. The number of amides is 1. The van der Waals surface area contributed by atoms with E-state index >= 15 is 0 Å². The van der Waals surface area contributed by atoms with Gasteiger partial charge in [-0.2, -0.15) is 13.2 Å². The van der Waals surface area contributed by atoms with Gasteiger partial charge in [-0.3, -0.25) is 4.79 Å². The monoisotopic (exact) mass is 337 g/mol. The molecule has 0 saturated heterocycles. The van der Waals surface area contributed by atoms with Crippen LogP contribution in [0.3, 0.4) is 0 Å². The summed E-state index contributed by atoms with van der Waals surface area (Å²) in [5.41, 5.74) is -1.95. The lowest BCUT2D eigenvalue weighted by molar-refractivity contribution is -0.137.